The Labute approximate surface area is 91.2 Å². The van der Waals surface area contributed by atoms with Crippen LogP contribution in [-0.4, -0.2) is 26.4 Å². The maximum Gasteiger partial charge on any atom is 0.119 e. The SMILES string of the molecule is COCC(C)(N)Cc1cccc(OC)c1. The molecule has 1 aromatic rings. The molecule has 15 heavy (non-hydrogen) atoms. The van der Waals surface area contributed by atoms with Crippen LogP contribution in [0.2, 0.25) is 0 Å². The van der Waals surface area contributed by atoms with Gasteiger partial charge in [-0.05, 0) is 31.0 Å². The van der Waals surface area contributed by atoms with Crippen LogP contribution in [0.25, 0.3) is 0 Å². The number of methoxy groups -OCH3 is 2. The predicted octanol–water partition coefficient (Wildman–Crippen LogP) is 1.60. The molecular formula is C12H19NO2. The first-order valence-electron chi connectivity index (χ1n) is 4.98. The van der Waals surface area contributed by atoms with Gasteiger partial charge < -0.3 is 15.2 Å². The first-order chi connectivity index (χ1) is 7.07. The molecule has 1 rings (SSSR count). The van der Waals surface area contributed by atoms with Gasteiger partial charge in [-0.1, -0.05) is 12.1 Å². The third-order valence-corrected chi connectivity index (χ3v) is 2.22. The maximum absolute atomic E-state index is 6.09. The van der Waals surface area contributed by atoms with E-state index in [1.807, 2.05) is 31.2 Å². The van der Waals surface area contributed by atoms with Crippen molar-refractivity contribution in [2.45, 2.75) is 18.9 Å². The van der Waals surface area contributed by atoms with E-state index in [1.165, 1.54) is 0 Å². The minimum absolute atomic E-state index is 0.332. The molecule has 1 atom stereocenters. The lowest BCUT2D eigenvalue weighted by Crippen LogP contribution is -2.43. The van der Waals surface area contributed by atoms with Crippen LogP contribution in [-0.2, 0) is 11.2 Å². The van der Waals surface area contributed by atoms with Crippen LogP contribution in [0.15, 0.2) is 24.3 Å². The molecule has 0 aliphatic carbocycles. The number of ether oxygens (including phenoxy) is 2. The monoisotopic (exact) mass is 209 g/mol. The van der Waals surface area contributed by atoms with Gasteiger partial charge in [-0.25, -0.2) is 0 Å². The van der Waals surface area contributed by atoms with Gasteiger partial charge in [-0.2, -0.15) is 0 Å². The summed E-state index contributed by atoms with van der Waals surface area (Å²) in [6.07, 6.45) is 0.776. The molecule has 3 heteroatoms. The molecule has 2 N–H and O–H groups in total. The van der Waals surface area contributed by atoms with Gasteiger partial charge in [0.05, 0.1) is 13.7 Å². The van der Waals surface area contributed by atoms with E-state index < -0.39 is 0 Å². The second-order valence-electron chi connectivity index (χ2n) is 4.12. The minimum atomic E-state index is -0.332. The number of hydrogen-bond donors (Lipinski definition) is 1. The summed E-state index contributed by atoms with van der Waals surface area (Å²) < 4.78 is 10.2. The third-order valence-electron chi connectivity index (χ3n) is 2.22. The molecule has 0 fully saturated rings. The Bertz CT molecular complexity index is 310. The molecule has 0 radical (unpaired) electrons. The second kappa shape index (κ2) is 5.14. The van der Waals surface area contributed by atoms with Crippen molar-refractivity contribution in [1.82, 2.24) is 0 Å². The molecule has 0 heterocycles. The minimum Gasteiger partial charge on any atom is -0.497 e. The quantitative estimate of drug-likeness (QED) is 0.801. The summed E-state index contributed by atoms with van der Waals surface area (Å²) in [6.45, 7) is 2.53. The highest BCUT2D eigenvalue weighted by Gasteiger charge is 2.18. The fourth-order valence-electron chi connectivity index (χ4n) is 1.63. The topological polar surface area (TPSA) is 44.5 Å². The van der Waals surface area contributed by atoms with Gasteiger partial charge in [0.2, 0.25) is 0 Å². The van der Waals surface area contributed by atoms with Crippen LogP contribution in [0.4, 0.5) is 0 Å². The second-order valence-corrected chi connectivity index (χ2v) is 4.12. The molecule has 3 nitrogen and oxygen atoms in total. The van der Waals surface area contributed by atoms with Gasteiger partial charge in [-0.15, -0.1) is 0 Å². The van der Waals surface area contributed by atoms with Gasteiger partial charge in [0, 0.05) is 12.6 Å². The molecule has 0 aromatic heterocycles. The van der Waals surface area contributed by atoms with Gasteiger partial charge in [0.1, 0.15) is 5.75 Å². The van der Waals surface area contributed by atoms with Crippen LogP contribution < -0.4 is 10.5 Å². The summed E-state index contributed by atoms with van der Waals surface area (Å²) in [6, 6.07) is 7.94. The van der Waals surface area contributed by atoms with Crippen molar-refractivity contribution in [1.29, 1.82) is 0 Å². The van der Waals surface area contributed by atoms with Gasteiger partial charge in [0.25, 0.3) is 0 Å². The van der Waals surface area contributed by atoms with E-state index >= 15 is 0 Å². The van der Waals surface area contributed by atoms with Gasteiger partial charge in [-0.3, -0.25) is 0 Å². The van der Waals surface area contributed by atoms with Crippen molar-refractivity contribution in [3.05, 3.63) is 29.8 Å². The number of benzene rings is 1. The molecule has 1 unspecified atom stereocenters. The molecule has 0 aliphatic heterocycles. The average molecular weight is 209 g/mol. The first kappa shape index (κ1) is 12.0. The van der Waals surface area contributed by atoms with Crippen molar-refractivity contribution in [2.75, 3.05) is 20.8 Å². The zero-order valence-electron chi connectivity index (χ0n) is 9.62. The first-order valence-corrected chi connectivity index (χ1v) is 4.98. The summed E-state index contributed by atoms with van der Waals surface area (Å²) in [5.41, 5.74) is 6.92. The fourth-order valence-corrected chi connectivity index (χ4v) is 1.63. The van der Waals surface area contributed by atoms with E-state index in [2.05, 4.69) is 0 Å². The van der Waals surface area contributed by atoms with Gasteiger partial charge in [0.15, 0.2) is 0 Å². The molecule has 84 valence electrons. The van der Waals surface area contributed by atoms with Crippen molar-refractivity contribution in [2.24, 2.45) is 5.73 Å². The third kappa shape index (κ3) is 3.90. The van der Waals surface area contributed by atoms with Crippen molar-refractivity contribution >= 4 is 0 Å². The fraction of sp³-hybridized carbons (Fsp3) is 0.500. The normalized spacial score (nSPS) is 14.7. The summed E-state index contributed by atoms with van der Waals surface area (Å²) in [4.78, 5) is 0. The highest BCUT2D eigenvalue weighted by molar-refractivity contribution is 5.29. The van der Waals surface area contributed by atoms with E-state index in [9.17, 15) is 0 Å². The Kier molecular flexibility index (Phi) is 4.12. The molecule has 0 aliphatic rings. The molecule has 0 spiro atoms. The van der Waals surface area contributed by atoms with E-state index in [0.717, 1.165) is 17.7 Å². The maximum atomic E-state index is 6.09. The van der Waals surface area contributed by atoms with Crippen LogP contribution in [0.1, 0.15) is 12.5 Å². The Hall–Kier alpha value is -1.06. The highest BCUT2D eigenvalue weighted by atomic mass is 16.5. The van der Waals surface area contributed by atoms with E-state index in [-0.39, 0.29) is 5.54 Å². The lowest BCUT2D eigenvalue weighted by Gasteiger charge is -2.23. The molecule has 0 saturated carbocycles. The molecule has 0 saturated heterocycles. The van der Waals surface area contributed by atoms with Crippen LogP contribution in [0.3, 0.4) is 0 Å². The Morgan fingerprint density at radius 1 is 1.33 bits per heavy atom. The van der Waals surface area contributed by atoms with E-state index in [1.54, 1.807) is 14.2 Å². The van der Waals surface area contributed by atoms with Crippen LogP contribution in [0.5, 0.6) is 5.75 Å². The number of rotatable bonds is 5. The molecular weight excluding hydrogens is 190 g/mol. The lowest BCUT2D eigenvalue weighted by molar-refractivity contribution is 0.141. The standard InChI is InChI=1S/C12H19NO2/c1-12(13,9-14-2)8-10-5-4-6-11(7-10)15-3/h4-7H,8-9,13H2,1-3H3. The Balaban J connectivity index is 2.71. The summed E-state index contributed by atoms with van der Waals surface area (Å²) >= 11 is 0. The summed E-state index contributed by atoms with van der Waals surface area (Å²) in [7, 11) is 3.33. The number of hydrogen-bond acceptors (Lipinski definition) is 3. The predicted molar refractivity (Wildman–Crippen MR) is 61.2 cm³/mol. The zero-order valence-corrected chi connectivity index (χ0v) is 9.62. The molecule has 0 bridgehead atoms. The summed E-state index contributed by atoms with van der Waals surface area (Å²) in [5, 5.41) is 0. The molecule has 1 aromatic carbocycles. The van der Waals surface area contributed by atoms with Crippen LogP contribution in [0, 0.1) is 0 Å². The van der Waals surface area contributed by atoms with Crippen molar-refractivity contribution in [3.63, 3.8) is 0 Å². The van der Waals surface area contributed by atoms with Crippen molar-refractivity contribution < 1.29 is 9.47 Å². The Morgan fingerprint density at radius 3 is 2.67 bits per heavy atom. The lowest BCUT2D eigenvalue weighted by atomic mass is 9.95. The summed E-state index contributed by atoms with van der Waals surface area (Å²) in [5.74, 6) is 0.862. The zero-order chi connectivity index (χ0) is 11.3. The number of nitrogens with two attached hydrogens (primary N) is 1. The average Bonchev–Trinajstić information content (AvgIpc) is 2.17. The Morgan fingerprint density at radius 2 is 2.07 bits per heavy atom. The highest BCUT2D eigenvalue weighted by Crippen LogP contribution is 2.17. The molecule has 0 amide bonds. The smallest absolute Gasteiger partial charge is 0.119 e. The van der Waals surface area contributed by atoms with Gasteiger partial charge >= 0.3 is 0 Å². The van der Waals surface area contributed by atoms with E-state index in [0.29, 0.717) is 6.61 Å². The van der Waals surface area contributed by atoms with Crippen molar-refractivity contribution in [3.8, 4) is 5.75 Å². The van der Waals surface area contributed by atoms with E-state index in [4.69, 9.17) is 15.2 Å². The van der Waals surface area contributed by atoms with Crippen LogP contribution >= 0.6 is 0 Å². The largest absolute Gasteiger partial charge is 0.497 e.